The Morgan fingerprint density at radius 3 is 2.61 bits per heavy atom. The molecule has 2 aliphatic heterocycles. The van der Waals surface area contributed by atoms with Gasteiger partial charge >= 0.3 is 0 Å². The van der Waals surface area contributed by atoms with Gasteiger partial charge in [-0.1, -0.05) is 36.8 Å². The van der Waals surface area contributed by atoms with Crippen LogP contribution in [0.3, 0.4) is 0 Å². The predicted octanol–water partition coefficient (Wildman–Crippen LogP) is 5.02. The molecule has 33 heavy (non-hydrogen) atoms. The molecule has 0 saturated carbocycles. The van der Waals surface area contributed by atoms with Crippen LogP contribution < -0.4 is 4.90 Å². The number of pyridine rings is 1. The number of fused-ring (bicyclic) bond motifs is 1. The fourth-order valence-corrected chi connectivity index (χ4v) is 5.21. The first kappa shape index (κ1) is 22.2. The van der Waals surface area contributed by atoms with Crippen molar-refractivity contribution in [2.24, 2.45) is 5.92 Å². The number of benzene rings is 1. The van der Waals surface area contributed by atoms with Crippen molar-refractivity contribution in [2.45, 2.75) is 26.3 Å². The number of anilines is 1. The van der Waals surface area contributed by atoms with Gasteiger partial charge in [0, 0.05) is 51.0 Å². The highest BCUT2D eigenvalue weighted by Crippen LogP contribution is 2.35. The Bertz CT molecular complexity index is 1100. The summed E-state index contributed by atoms with van der Waals surface area (Å²) in [5.41, 5.74) is 4.88. The summed E-state index contributed by atoms with van der Waals surface area (Å²) in [6, 6.07) is 8.20. The molecule has 1 aromatic heterocycles. The van der Waals surface area contributed by atoms with Crippen LogP contribution in [0, 0.1) is 5.92 Å². The van der Waals surface area contributed by atoms with Crippen molar-refractivity contribution in [1.82, 2.24) is 14.8 Å². The summed E-state index contributed by atoms with van der Waals surface area (Å²) in [5.74, 6) is 1.66. The van der Waals surface area contributed by atoms with Gasteiger partial charge in [-0.15, -0.1) is 0 Å². The van der Waals surface area contributed by atoms with Gasteiger partial charge in [0.1, 0.15) is 5.82 Å². The van der Waals surface area contributed by atoms with Gasteiger partial charge < -0.3 is 14.7 Å². The van der Waals surface area contributed by atoms with Crippen molar-refractivity contribution < 1.29 is 4.79 Å². The monoisotopic (exact) mass is 462 g/mol. The van der Waals surface area contributed by atoms with Crippen LogP contribution in [0.5, 0.6) is 0 Å². The fraction of sp³-hybridized carbons (Fsp3) is 0.407. The number of hydrogen-bond acceptors (Lipinski definition) is 4. The van der Waals surface area contributed by atoms with E-state index in [0.717, 1.165) is 61.5 Å². The highest BCUT2D eigenvalue weighted by Gasteiger charge is 2.31. The number of carbonyl (C=O) groups is 1. The first-order valence-electron chi connectivity index (χ1n) is 11.9. The number of piperazine rings is 1. The zero-order chi connectivity index (χ0) is 22.9. The van der Waals surface area contributed by atoms with Gasteiger partial charge in [-0.25, -0.2) is 4.98 Å². The van der Waals surface area contributed by atoms with Gasteiger partial charge in [-0.3, -0.25) is 4.79 Å². The summed E-state index contributed by atoms with van der Waals surface area (Å²) in [6.45, 7) is 7.54. The van der Waals surface area contributed by atoms with E-state index >= 15 is 0 Å². The summed E-state index contributed by atoms with van der Waals surface area (Å²) in [4.78, 5) is 24.4. The summed E-state index contributed by atoms with van der Waals surface area (Å²) in [7, 11) is 2.15. The fourth-order valence-electron chi connectivity index (χ4n) is 4.89. The lowest BCUT2D eigenvalue weighted by Crippen LogP contribution is -2.44. The molecular formula is C27H31ClN4O. The van der Waals surface area contributed by atoms with Crippen LogP contribution in [-0.4, -0.2) is 60.5 Å². The molecule has 1 saturated heterocycles. The number of carbonyl (C=O) groups excluding carboxylic acids is 1. The van der Waals surface area contributed by atoms with Crippen molar-refractivity contribution in [2.75, 3.05) is 44.7 Å². The van der Waals surface area contributed by atoms with Crippen molar-refractivity contribution >= 4 is 23.3 Å². The second kappa shape index (κ2) is 9.32. The van der Waals surface area contributed by atoms with Crippen LogP contribution in [0.2, 0.25) is 5.02 Å². The molecule has 0 spiro atoms. The van der Waals surface area contributed by atoms with Gasteiger partial charge in [0.25, 0.3) is 5.91 Å². The molecule has 1 atom stereocenters. The Kier molecular flexibility index (Phi) is 6.26. The van der Waals surface area contributed by atoms with E-state index in [-0.39, 0.29) is 5.91 Å². The van der Waals surface area contributed by atoms with E-state index < -0.39 is 0 Å². The topological polar surface area (TPSA) is 39.7 Å². The third-order valence-corrected chi connectivity index (χ3v) is 7.40. The number of nitrogens with zero attached hydrogens (tertiary/aromatic N) is 4. The Labute approximate surface area is 201 Å². The average molecular weight is 463 g/mol. The van der Waals surface area contributed by atoms with Crippen molar-refractivity contribution in [3.05, 3.63) is 70.4 Å². The summed E-state index contributed by atoms with van der Waals surface area (Å²) in [5, 5.41) is 0.525. The first-order valence-corrected chi connectivity index (χ1v) is 12.3. The van der Waals surface area contributed by atoms with E-state index in [1.54, 1.807) is 0 Å². The van der Waals surface area contributed by atoms with E-state index in [1.165, 1.54) is 5.57 Å². The zero-order valence-electron chi connectivity index (χ0n) is 19.4. The molecule has 2 aromatic rings. The molecule has 0 radical (unpaired) electrons. The number of aromatic nitrogens is 1. The Hall–Kier alpha value is -2.63. The van der Waals surface area contributed by atoms with Gasteiger partial charge in [0.15, 0.2) is 0 Å². The Morgan fingerprint density at radius 1 is 1.12 bits per heavy atom. The summed E-state index contributed by atoms with van der Waals surface area (Å²) >= 11 is 6.62. The molecule has 3 heterocycles. The van der Waals surface area contributed by atoms with Gasteiger partial charge in [-0.05, 0) is 66.8 Å². The maximum absolute atomic E-state index is 13.1. The minimum atomic E-state index is 0.0250. The first-order chi connectivity index (χ1) is 16.0. The standard InChI is InChI=1S/C27H31ClN4O/c1-3-19-4-6-20(7-5-19)17-32-18-23-14-22(15-24(28)26(23)27(32)33)21-8-9-25(29-16-21)31-12-10-30(2)11-13-31/h4,6-9,14-16,19H,3,5,10-13,17-18H2,1-2H3. The van der Waals surface area contributed by atoms with Crippen molar-refractivity contribution in [3.63, 3.8) is 0 Å². The second-order valence-electron chi connectivity index (χ2n) is 9.39. The number of likely N-dealkylation sites (N-methyl/N-ethyl adjacent to an activating group) is 1. The number of allylic oxidation sites excluding steroid dienone is 2. The summed E-state index contributed by atoms with van der Waals surface area (Å²) in [6.07, 6.45) is 10.8. The average Bonchev–Trinajstić information content (AvgIpc) is 3.15. The Morgan fingerprint density at radius 2 is 1.94 bits per heavy atom. The van der Waals surface area contributed by atoms with Crippen molar-refractivity contribution in [1.29, 1.82) is 0 Å². The lowest BCUT2D eigenvalue weighted by molar-refractivity contribution is 0.0793. The van der Waals surface area contributed by atoms with Crippen LogP contribution in [0.15, 0.2) is 54.3 Å². The maximum Gasteiger partial charge on any atom is 0.256 e. The molecular weight excluding hydrogens is 432 g/mol. The van der Waals surface area contributed by atoms with Crippen LogP contribution in [0.1, 0.15) is 35.7 Å². The largest absolute Gasteiger partial charge is 0.354 e. The van der Waals surface area contributed by atoms with Crippen LogP contribution in [0.25, 0.3) is 11.1 Å². The van der Waals surface area contributed by atoms with Gasteiger partial charge in [0.05, 0.1) is 10.6 Å². The van der Waals surface area contributed by atoms with Crippen LogP contribution in [-0.2, 0) is 6.54 Å². The molecule has 0 bridgehead atoms. The summed E-state index contributed by atoms with van der Waals surface area (Å²) < 4.78 is 0. The number of hydrogen-bond donors (Lipinski definition) is 0. The minimum Gasteiger partial charge on any atom is -0.354 e. The van der Waals surface area contributed by atoms with Gasteiger partial charge in [0.2, 0.25) is 0 Å². The van der Waals surface area contributed by atoms with Crippen LogP contribution >= 0.6 is 11.6 Å². The molecule has 1 amide bonds. The SMILES string of the molecule is CCC1C=CC(CN2Cc3cc(-c4ccc(N5CCN(C)CC5)nc4)cc(Cl)c3C2=O)=CC1. The zero-order valence-corrected chi connectivity index (χ0v) is 20.2. The van der Waals surface area contributed by atoms with E-state index in [4.69, 9.17) is 16.6 Å². The third kappa shape index (κ3) is 4.57. The number of amides is 1. The molecule has 3 aliphatic rings. The second-order valence-corrected chi connectivity index (χ2v) is 9.80. The van der Waals surface area contributed by atoms with E-state index in [0.29, 0.717) is 29.6 Å². The lowest BCUT2D eigenvalue weighted by atomic mass is 9.94. The van der Waals surface area contributed by atoms with E-state index in [2.05, 4.69) is 60.2 Å². The smallest absolute Gasteiger partial charge is 0.256 e. The maximum atomic E-state index is 13.1. The molecule has 172 valence electrons. The molecule has 5 nitrogen and oxygen atoms in total. The van der Waals surface area contributed by atoms with Gasteiger partial charge in [-0.2, -0.15) is 0 Å². The highest BCUT2D eigenvalue weighted by molar-refractivity contribution is 6.34. The number of halogens is 1. The van der Waals surface area contributed by atoms with Crippen LogP contribution in [0.4, 0.5) is 5.82 Å². The van der Waals surface area contributed by atoms with E-state index in [9.17, 15) is 4.79 Å². The number of rotatable bonds is 5. The quantitative estimate of drug-likeness (QED) is 0.625. The predicted molar refractivity (Wildman–Crippen MR) is 135 cm³/mol. The molecule has 1 fully saturated rings. The molecule has 0 N–H and O–H groups in total. The Balaban J connectivity index is 1.31. The minimum absolute atomic E-state index is 0.0250. The van der Waals surface area contributed by atoms with Crippen molar-refractivity contribution in [3.8, 4) is 11.1 Å². The molecule has 1 aliphatic carbocycles. The molecule has 5 rings (SSSR count). The molecule has 1 unspecified atom stereocenters. The normalized spacial score (nSPS) is 20.9. The highest BCUT2D eigenvalue weighted by atomic mass is 35.5. The lowest BCUT2D eigenvalue weighted by Gasteiger charge is -2.33. The molecule has 1 aromatic carbocycles. The van der Waals surface area contributed by atoms with E-state index in [1.807, 2.05) is 17.2 Å². The molecule has 6 heteroatoms. The third-order valence-electron chi connectivity index (χ3n) is 7.11.